The summed E-state index contributed by atoms with van der Waals surface area (Å²) in [5, 5.41) is 44.3. The zero-order chi connectivity index (χ0) is 30.6. The summed E-state index contributed by atoms with van der Waals surface area (Å²) in [7, 11) is 1.59. The maximum atomic E-state index is 14.0. The van der Waals surface area contributed by atoms with E-state index in [0.717, 1.165) is 42.4 Å². The second-order valence-corrected chi connectivity index (χ2v) is 12.7. The average Bonchev–Trinajstić information content (AvgIpc) is 2.98. The van der Waals surface area contributed by atoms with Crippen LogP contribution < -0.4 is 4.74 Å². The van der Waals surface area contributed by atoms with E-state index in [1.165, 1.54) is 38.2 Å². The summed E-state index contributed by atoms with van der Waals surface area (Å²) >= 11 is 0. The first-order chi connectivity index (χ1) is 20.6. The number of phenolic OH excluding ortho intramolecular Hbond substituents is 1. The highest BCUT2D eigenvalue weighted by Crippen LogP contribution is 2.53. The Bertz CT molecular complexity index is 1590. The average molecular weight is 587 g/mol. The number of Topliss-reactive ketones (excluding diaryl/α,β-unsaturated/α-hetero) is 3. The minimum absolute atomic E-state index is 0.0143. The molecule has 43 heavy (non-hydrogen) atoms. The Morgan fingerprint density at radius 2 is 1.74 bits per heavy atom. The summed E-state index contributed by atoms with van der Waals surface area (Å²) in [5.41, 5.74) is 0.115. The number of rotatable bonds is 6. The maximum Gasteiger partial charge on any atom is 0.209 e. The van der Waals surface area contributed by atoms with E-state index < -0.39 is 51.9 Å². The summed E-state index contributed by atoms with van der Waals surface area (Å²) in [6, 6.07) is 9.31. The van der Waals surface area contributed by atoms with Crippen LogP contribution in [0.15, 0.2) is 53.0 Å². The molecule has 8 nitrogen and oxygen atoms in total. The van der Waals surface area contributed by atoms with Gasteiger partial charge in [-0.1, -0.05) is 44.2 Å². The van der Waals surface area contributed by atoms with Gasteiger partial charge in [0.1, 0.15) is 28.6 Å². The first-order valence-corrected chi connectivity index (χ1v) is 15.3. The minimum atomic E-state index is -2.50. The van der Waals surface area contributed by atoms with E-state index in [1.807, 2.05) is 6.07 Å². The Balaban J connectivity index is 1.41. The Labute approximate surface area is 250 Å². The lowest BCUT2D eigenvalue weighted by atomic mass is 9.60. The summed E-state index contributed by atoms with van der Waals surface area (Å²) in [6.45, 7) is 1.10. The quantitative estimate of drug-likeness (QED) is 0.308. The van der Waals surface area contributed by atoms with Gasteiger partial charge in [0.2, 0.25) is 5.78 Å². The van der Waals surface area contributed by atoms with Crippen molar-refractivity contribution in [3.05, 3.63) is 69.7 Å². The van der Waals surface area contributed by atoms with Crippen molar-refractivity contribution in [2.45, 2.75) is 76.7 Å². The lowest BCUT2D eigenvalue weighted by molar-refractivity contribution is -0.144. The summed E-state index contributed by atoms with van der Waals surface area (Å²) in [6.07, 6.45) is 8.67. The number of carbonyl (C=O) groups is 3. The van der Waals surface area contributed by atoms with Crippen LogP contribution in [0.25, 0.3) is 11.1 Å². The highest BCUT2D eigenvalue weighted by molar-refractivity contribution is 6.25. The monoisotopic (exact) mass is 586 g/mol. The molecule has 3 atom stereocenters. The van der Waals surface area contributed by atoms with Crippen molar-refractivity contribution in [2.75, 3.05) is 7.11 Å². The Morgan fingerprint density at radius 3 is 2.44 bits per heavy atom. The molecule has 0 unspecified atom stereocenters. The molecular formula is C35H38O8. The van der Waals surface area contributed by atoms with E-state index >= 15 is 0 Å². The highest BCUT2D eigenvalue weighted by atomic mass is 16.5. The van der Waals surface area contributed by atoms with Crippen LogP contribution in [-0.2, 0) is 22.4 Å². The van der Waals surface area contributed by atoms with Crippen LogP contribution in [0, 0.1) is 17.8 Å². The SMILES string of the molecule is COc1ccc(CCC2CCCCC2)cc1-c1ccc(O)c2c1C[C@H]1C[C@H]3CC(O)=C(C(C)=O)C(=O)[C@@]3(O)C(O)=C1C2=O. The lowest BCUT2D eigenvalue weighted by Crippen LogP contribution is -2.56. The fourth-order valence-electron chi connectivity index (χ4n) is 7.95. The van der Waals surface area contributed by atoms with Crippen LogP contribution in [0.5, 0.6) is 11.5 Å². The second kappa shape index (κ2) is 11.0. The molecule has 2 aromatic carbocycles. The van der Waals surface area contributed by atoms with E-state index in [4.69, 9.17) is 4.74 Å². The number of ketones is 3. The van der Waals surface area contributed by atoms with Crippen molar-refractivity contribution in [3.63, 3.8) is 0 Å². The third kappa shape index (κ3) is 4.67. The van der Waals surface area contributed by atoms with E-state index in [2.05, 4.69) is 12.1 Å². The van der Waals surface area contributed by atoms with Gasteiger partial charge in [0.15, 0.2) is 17.2 Å². The number of allylic oxidation sites excluding steroid dienone is 2. The molecule has 1 fully saturated rings. The number of ether oxygens (including phenoxy) is 1. The molecule has 0 heterocycles. The van der Waals surface area contributed by atoms with Gasteiger partial charge in [-0.2, -0.15) is 0 Å². The first-order valence-electron chi connectivity index (χ1n) is 15.3. The molecule has 6 rings (SSSR count). The van der Waals surface area contributed by atoms with Gasteiger partial charge >= 0.3 is 0 Å². The number of benzene rings is 2. The van der Waals surface area contributed by atoms with E-state index in [0.29, 0.717) is 11.3 Å². The first kappa shape index (κ1) is 29.2. The van der Waals surface area contributed by atoms with E-state index in [9.17, 15) is 34.8 Å². The third-order valence-electron chi connectivity index (χ3n) is 10.2. The van der Waals surface area contributed by atoms with Crippen LogP contribution in [-0.4, -0.2) is 50.5 Å². The van der Waals surface area contributed by atoms with Gasteiger partial charge in [-0.05, 0) is 79.3 Å². The normalized spacial score (nSPS) is 25.7. The molecule has 4 aliphatic rings. The van der Waals surface area contributed by atoms with Crippen molar-refractivity contribution in [3.8, 4) is 22.6 Å². The number of hydrogen-bond acceptors (Lipinski definition) is 8. The number of fused-ring (bicyclic) bond motifs is 3. The Kier molecular flexibility index (Phi) is 7.45. The van der Waals surface area contributed by atoms with Crippen LogP contribution >= 0.6 is 0 Å². The molecule has 8 heteroatoms. The molecule has 2 aromatic rings. The number of hydrogen-bond donors (Lipinski definition) is 4. The number of phenols is 1. The van der Waals surface area contributed by atoms with Crippen molar-refractivity contribution in [2.24, 2.45) is 17.8 Å². The van der Waals surface area contributed by atoms with Crippen molar-refractivity contribution in [1.29, 1.82) is 0 Å². The molecule has 226 valence electrons. The maximum absolute atomic E-state index is 14.0. The number of carbonyl (C=O) groups excluding carboxylic acids is 3. The standard InChI is InChI=1S/C35H38O8/c1-18(36)29-27(38)17-22-15-21-16-25-23(11-12-26(37)31(25)32(39)30(21)34(41)35(22,42)33(29)40)24-14-20(10-13-28(24)43-2)9-8-19-6-4-3-5-7-19/h10-14,19,21-22,37-38,41-42H,3-9,15-17H2,1-2H3/t21-,22+,35-/m1/s1. The molecule has 0 radical (unpaired) electrons. The number of aliphatic hydroxyl groups excluding tert-OH is 2. The molecule has 0 saturated heterocycles. The molecule has 4 N–H and O–H groups in total. The molecule has 0 aliphatic heterocycles. The van der Waals surface area contributed by atoms with Gasteiger partial charge in [-0.3, -0.25) is 14.4 Å². The van der Waals surface area contributed by atoms with Crippen LogP contribution in [0.4, 0.5) is 0 Å². The van der Waals surface area contributed by atoms with Gasteiger partial charge in [0.25, 0.3) is 0 Å². The fraction of sp³-hybridized carbons (Fsp3) is 0.457. The number of methoxy groups -OCH3 is 1. The molecule has 0 spiro atoms. The zero-order valence-electron chi connectivity index (χ0n) is 24.6. The molecule has 1 saturated carbocycles. The largest absolute Gasteiger partial charge is 0.511 e. The predicted octanol–water partition coefficient (Wildman–Crippen LogP) is 5.87. The number of aryl methyl sites for hydroxylation is 1. The Hall–Kier alpha value is -3.91. The lowest BCUT2D eigenvalue weighted by Gasteiger charge is -2.45. The third-order valence-corrected chi connectivity index (χ3v) is 10.2. The van der Waals surface area contributed by atoms with Crippen LogP contribution in [0.2, 0.25) is 0 Å². The topological polar surface area (TPSA) is 141 Å². The van der Waals surface area contributed by atoms with E-state index in [1.54, 1.807) is 13.2 Å². The van der Waals surface area contributed by atoms with Gasteiger partial charge in [-0.25, -0.2) is 0 Å². The number of aliphatic hydroxyl groups is 3. The summed E-state index contributed by atoms with van der Waals surface area (Å²) < 4.78 is 5.73. The Morgan fingerprint density at radius 1 is 1.00 bits per heavy atom. The summed E-state index contributed by atoms with van der Waals surface area (Å²) in [4.78, 5) is 39.4. The molecule has 0 aromatic heterocycles. The van der Waals surface area contributed by atoms with Crippen molar-refractivity contribution < 1.29 is 39.5 Å². The molecule has 0 bridgehead atoms. The van der Waals surface area contributed by atoms with Gasteiger partial charge < -0.3 is 25.2 Å². The van der Waals surface area contributed by atoms with Crippen LogP contribution in [0.1, 0.15) is 79.8 Å². The van der Waals surface area contributed by atoms with Crippen molar-refractivity contribution >= 4 is 17.3 Å². The number of aromatic hydroxyl groups is 1. The predicted molar refractivity (Wildman–Crippen MR) is 159 cm³/mol. The summed E-state index contributed by atoms with van der Waals surface area (Å²) in [5.74, 6) is -4.13. The van der Waals surface area contributed by atoms with Crippen molar-refractivity contribution in [1.82, 2.24) is 0 Å². The zero-order valence-corrected chi connectivity index (χ0v) is 24.6. The second-order valence-electron chi connectivity index (χ2n) is 12.7. The van der Waals surface area contributed by atoms with Gasteiger partial charge in [0, 0.05) is 23.5 Å². The fourth-order valence-corrected chi connectivity index (χ4v) is 7.95. The minimum Gasteiger partial charge on any atom is -0.511 e. The molecular weight excluding hydrogens is 548 g/mol. The van der Waals surface area contributed by atoms with E-state index in [-0.39, 0.29) is 36.1 Å². The highest BCUT2D eigenvalue weighted by Gasteiger charge is 2.59. The van der Waals surface area contributed by atoms with Crippen LogP contribution in [0.3, 0.4) is 0 Å². The van der Waals surface area contributed by atoms with Gasteiger partial charge in [0.05, 0.1) is 12.7 Å². The van der Waals surface area contributed by atoms with Gasteiger partial charge in [-0.15, -0.1) is 0 Å². The molecule has 4 aliphatic carbocycles. The molecule has 0 amide bonds. The smallest absolute Gasteiger partial charge is 0.209 e.